The van der Waals surface area contributed by atoms with Gasteiger partial charge in [0, 0.05) is 0 Å². The molecule has 2 heterocycles. The first kappa shape index (κ1) is 10.5. The van der Waals surface area contributed by atoms with Gasteiger partial charge in [-0.25, -0.2) is 0 Å². The number of hydrogen-bond donors (Lipinski definition) is 2. The molecular weight excluding hydrogens is 232 g/mol. The maximum atomic E-state index is 12.3. The molecule has 0 atom stereocenters. The summed E-state index contributed by atoms with van der Waals surface area (Å²) in [5, 5.41) is 0.619. The van der Waals surface area contributed by atoms with Crippen LogP contribution in [0.2, 0.25) is 0 Å². The summed E-state index contributed by atoms with van der Waals surface area (Å²) < 4.78 is 5.56. The number of nitrogens with zero attached hydrogens (tertiary/aromatic N) is 2. The van der Waals surface area contributed by atoms with Crippen molar-refractivity contribution < 1.29 is 4.42 Å². The van der Waals surface area contributed by atoms with Crippen LogP contribution in [0.4, 0.5) is 11.8 Å². The molecule has 4 N–H and O–H groups in total. The van der Waals surface area contributed by atoms with Crippen LogP contribution < -0.4 is 16.9 Å². The molecule has 0 aliphatic heterocycles. The predicted molar refractivity (Wildman–Crippen MR) is 69.1 cm³/mol. The van der Waals surface area contributed by atoms with Crippen molar-refractivity contribution in [1.29, 1.82) is 0 Å². The minimum Gasteiger partial charge on any atom is -0.437 e. The van der Waals surface area contributed by atoms with Gasteiger partial charge >= 0.3 is 0 Å². The van der Waals surface area contributed by atoms with Crippen LogP contribution in [-0.2, 0) is 0 Å². The van der Waals surface area contributed by atoms with Gasteiger partial charge in [-0.3, -0.25) is 4.79 Å². The van der Waals surface area contributed by atoms with Crippen LogP contribution in [0.3, 0.4) is 0 Å². The lowest BCUT2D eigenvalue weighted by Gasteiger charge is -2.03. The number of hydrogen-bond acceptors (Lipinski definition) is 6. The minimum absolute atomic E-state index is 0.0184. The van der Waals surface area contributed by atoms with E-state index in [4.69, 9.17) is 15.9 Å². The molecule has 0 radical (unpaired) electrons. The van der Waals surface area contributed by atoms with E-state index in [1.165, 1.54) is 0 Å². The Bertz CT molecular complexity index is 839. The molecule has 6 nitrogen and oxygen atoms in total. The van der Waals surface area contributed by atoms with Gasteiger partial charge in [-0.1, -0.05) is 6.07 Å². The number of fused-ring (bicyclic) bond motifs is 2. The summed E-state index contributed by atoms with van der Waals surface area (Å²) in [5.74, 6) is 0.0175. The van der Waals surface area contributed by atoms with Crippen molar-refractivity contribution in [3.63, 3.8) is 0 Å². The normalized spacial score (nSPS) is 11.2. The minimum atomic E-state index is -0.247. The molecule has 0 unspecified atom stereocenters. The Labute approximate surface area is 101 Å². The van der Waals surface area contributed by atoms with Gasteiger partial charge in [-0.15, -0.1) is 0 Å². The van der Waals surface area contributed by atoms with E-state index < -0.39 is 0 Å². The van der Waals surface area contributed by atoms with Gasteiger partial charge in [0.2, 0.25) is 17.1 Å². The zero-order valence-electron chi connectivity index (χ0n) is 9.60. The van der Waals surface area contributed by atoms with Gasteiger partial charge in [0.15, 0.2) is 0 Å². The topological polar surface area (TPSA) is 108 Å². The summed E-state index contributed by atoms with van der Waals surface area (Å²) >= 11 is 0. The Morgan fingerprint density at radius 3 is 2.78 bits per heavy atom. The van der Waals surface area contributed by atoms with Crippen molar-refractivity contribution in [2.75, 3.05) is 11.5 Å². The fourth-order valence-corrected chi connectivity index (χ4v) is 1.90. The first-order chi connectivity index (χ1) is 8.56. The monoisotopic (exact) mass is 242 g/mol. The van der Waals surface area contributed by atoms with E-state index in [9.17, 15) is 4.79 Å². The van der Waals surface area contributed by atoms with Crippen LogP contribution in [0, 0.1) is 6.92 Å². The largest absolute Gasteiger partial charge is 0.437 e. The standard InChI is InChI=1S/C12H10N4O2/c1-5-2-3-6-7(4-5)18-11-8(9(6)17)10(13)15-12(14)16-11/h2-4H,1H3,(H4,13,14,15,16). The lowest BCUT2D eigenvalue weighted by molar-refractivity contribution is 0.644. The molecule has 0 fully saturated rings. The van der Waals surface area contributed by atoms with E-state index in [0.717, 1.165) is 5.56 Å². The van der Waals surface area contributed by atoms with Crippen molar-refractivity contribution in [2.45, 2.75) is 6.92 Å². The average Bonchev–Trinajstić information content (AvgIpc) is 2.27. The first-order valence-corrected chi connectivity index (χ1v) is 5.32. The van der Waals surface area contributed by atoms with Gasteiger partial charge in [0.1, 0.15) is 16.8 Å². The molecule has 2 aromatic heterocycles. The number of benzene rings is 1. The molecule has 0 aliphatic rings. The fourth-order valence-electron chi connectivity index (χ4n) is 1.90. The molecule has 0 aliphatic carbocycles. The zero-order chi connectivity index (χ0) is 12.9. The first-order valence-electron chi connectivity index (χ1n) is 5.32. The molecule has 90 valence electrons. The van der Waals surface area contributed by atoms with Gasteiger partial charge < -0.3 is 15.9 Å². The van der Waals surface area contributed by atoms with Crippen LogP contribution in [-0.4, -0.2) is 9.97 Å². The van der Waals surface area contributed by atoms with Gasteiger partial charge in [-0.2, -0.15) is 9.97 Å². The molecule has 3 aromatic rings. The van der Waals surface area contributed by atoms with Crippen LogP contribution in [0.15, 0.2) is 27.4 Å². The highest BCUT2D eigenvalue weighted by atomic mass is 16.3. The van der Waals surface area contributed by atoms with E-state index in [2.05, 4.69) is 9.97 Å². The van der Waals surface area contributed by atoms with Crippen LogP contribution in [0.5, 0.6) is 0 Å². The van der Waals surface area contributed by atoms with Crippen molar-refractivity contribution in [1.82, 2.24) is 9.97 Å². The van der Waals surface area contributed by atoms with Crippen molar-refractivity contribution in [3.05, 3.63) is 34.0 Å². The lowest BCUT2D eigenvalue weighted by atomic mass is 10.1. The molecule has 18 heavy (non-hydrogen) atoms. The maximum absolute atomic E-state index is 12.3. The number of aromatic nitrogens is 2. The highest BCUT2D eigenvalue weighted by Crippen LogP contribution is 2.21. The molecule has 0 spiro atoms. The summed E-state index contributed by atoms with van der Waals surface area (Å²) in [5.41, 5.74) is 12.5. The number of nitrogen functional groups attached to an aromatic ring is 2. The van der Waals surface area contributed by atoms with E-state index >= 15 is 0 Å². The summed E-state index contributed by atoms with van der Waals surface area (Å²) in [6.45, 7) is 1.91. The summed E-state index contributed by atoms with van der Waals surface area (Å²) in [7, 11) is 0. The Morgan fingerprint density at radius 2 is 2.00 bits per heavy atom. The fraction of sp³-hybridized carbons (Fsp3) is 0.0833. The summed E-state index contributed by atoms with van der Waals surface area (Å²) in [6, 6.07) is 5.30. The summed E-state index contributed by atoms with van der Waals surface area (Å²) in [6.07, 6.45) is 0. The smallest absolute Gasteiger partial charge is 0.237 e. The molecule has 0 saturated heterocycles. The lowest BCUT2D eigenvalue weighted by Crippen LogP contribution is -2.09. The third kappa shape index (κ3) is 1.39. The van der Waals surface area contributed by atoms with E-state index in [-0.39, 0.29) is 28.3 Å². The molecule has 0 amide bonds. The molecule has 0 saturated carbocycles. The van der Waals surface area contributed by atoms with E-state index in [1.54, 1.807) is 12.1 Å². The maximum Gasteiger partial charge on any atom is 0.237 e. The number of nitrogens with two attached hydrogens (primary N) is 2. The Hall–Kier alpha value is -2.63. The van der Waals surface area contributed by atoms with Crippen LogP contribution in [0.1, 0.15) is 5.56 Å². The quantitative estimate of drug-likeness (QED) is 0.573. The SMILES string of the molecule is Cc1ccc2c(=O)c3c(N)nc(N)nc3oc2c1. The predicted octanol–water partition coefficient (Wildman–Crippen LogP) is 1.21. The van der Waals surface area contributed by atoms with Crippen LogP contribution in [0.25, 0.3) is 22.1 Å². The molecule has 0 bridgehead atoms. The number of rotatable bonds is 0. The Balaban J connectivity index is 2.61. The Kier molecular flexibility index (Phi) is 2.00. The zero-order valence-corrected chi connectivity index (χ0v) is 9.60. The molecule has 1 aromatic carbocycles. The van der Waals surface area contributed by atoms with Gasteiger partial charge in [0.25, 0.3) is 0 Å². The second-order valence-electron chi connectivity index (χ2n) is 4.08. The van der Waals surface area contributed by atoms with Gasteiger partial charge in [-0.05, 0) is 24.6 Å². The van der Waals surface area contributed by atoms with E-state index in [0.29, 0.717) is 11.0 Å². The third-order valence-electron chi connectivity index (χ3n) is 2.74. The molecule has 3 rings (SSSR count). The van der Waals surface area contributed by atoms with Crippen molar-refractivity contribution in [3.8, 4) is 0 Å². The summed E-state index contributed by atoms with van der Waals surface area (Å²) in [4.78, 5) is 19.9. The average molecular weight is 242 g/mol. The molecule has 6 heteroatoms. The number of anilines is 2. The Morgan fingerprint density at radius 1 is 1.22 bits per heavy atom. The highest BCUT2D eigenvalue weighted by molar-refractivity contribution is 5.93. The van der Waals surface area contributed by atoms with Gasteiger partial charge in [0.05, 0.1) is 5.39 Å². The van der Waals surface area contributed by atoms with E-state index in [1.807, 2.05) is 13.0 Å². The van der Waals surface area contributed by atoms with Crippen LogP contribution >= 0.6 is 0 Å². The third-order valence-corrected chi connectivity index (χ3v) is 2.74. The van der Waals surface area contributed by atoms with Crippen molar-refractivity contribution >= 4 is 33.8 Å². The highest BCUT2D eigenvalue weighted by Gasteiger charge is 2.13. The molecular formula is C12H10N4O2. The second-order valence-corrected chi connectivity index (χ2v) is 4.08. The second kappa shape index (κ2) is 3.43. The van der Waals surface area contributed by atoms with Crippen molar-refractivity contribution in [2.24, 2.45) is 0 Å². The number of aryl methyl sites for hydroxylation is 1.